The molecule has 0 aliphatic carbocycles. The van der Waals surface area contributed by atoms with E-state index in [0.717, 1.165) is 22.0 Å². The van der Waals surface area contributed by atoms with Crippen molar-refractivity contribution < 1.29 is 26.0 Å². The molecule has 3 nitrogen and oxygen atoms in total. The van der Waals surface area contributed by atoms with Crippen LogP contribution in [0.4, 0.5) is 0 Å². The van der Waals surface area contributed by atoms with E-state index in [0.29, 0.717) is 11.2 Å². The zero-order valence-corrected chi connectivity index (χ0v) is 29.6. The average molecular weight is 745 g/mol. The maximum atomic E-state index is 10.0. The topological polar surface area (TPSA) is 14.8 Å². The van der Waals surface area contributed by atoms with Crippen molar-refractivity contribution >= 4 is 65.4 Å². The van der Waals surface area contributed by atoms with Gasteiger partial charge < -0.3 is 13.7 Å². The van der Waals surface area contributed by atoms with Crippen molar-refractivity contribution in [1.82, 2.24) is 13.7 Å². The van der Waals surface area contributed by atoms with Crippen molar-refractivity contribution in [2.24, 2.45) is 0 Å². The highest BCUT2D eigenvalue weighted by molar-refractivity contribution is 6.14. The predicted octanol–water partition coefficient (Wildman–Crippen LogP) is 14.3. The summed E-state index contributed by atoms with van der Waals surface area (Å²) in [7, 11) is 0. The lowest BCUT2D eigenvalue weighted by Crippen LogP contribution is -1.96. The first-order chi connectivity index (χ1) is 36.2. The van der Waals surface area contributed by atoms with E-state index in [1.165, 1.54) is 33.4 Å². The van der Waals surface area contributed by atoms with Gasteiger partial charge in [-0.3, -0.25) is 0 Å². The summed E-state index contributed by atoms with van der Waals surface area (Å²) >= 11 is 0. The van der Waals surface area contributed by atoms with Gasteiger partial charge in [-0.2, -0.15) is 0 Å². The Balaban J connectivity index is 1.19. The van der Waals surface area contributed by atoms with Gasteiger partial charge in [0.2, 0.25) is 0 Å². The summed E-state index contributed by atoms with van der Waals surface area (Å²) in [5, 5.41) is 0.826. The number of aromatic nitrogens is 3. The summed E-state index contributed by atoms with van der Waals surface area (Å²) in [6, 6.07) is 16.9. The second-order valence-electron chi connectivity index (χ2n) is 13.5. The fourth-order valence-electron chi connectivity index (χ4n) is 7.94. The van der Waals surface area contributed by atoms with E-state index >= 15 is 0 Å². The molecule has 57 heavy (non-hydrogen) atoms. The van der Waals surface area contributed by atoms with Crippen molar-refractivity contribution in [3.8, 4) is 39.3 Å². The fourth-order valence-corrected chi connectivity index (χ4v) is 7.94. The molecule has 3 aromatic heterocycles. The van der Waals surface area contributed by atoms with Crippen molar-refractivity contribution in [3.63, 3.8) is 0 Å². The molecule has 0 atom stereocenters. The van der Waals surface area contributed by atoms with E-state index in [2.05, 4.69) is 0 Å². The highest BCUT2D eigenvalue weighted by atomic mass is 15.0. The third-order valence-corrected chi connectivity index (χ3v) is 10.4. The van der Waals surface area contributed by atoms with Gasteiger partial charge in [0, 0.05) is 49.4 Å². The van der Waals surface area contributed by atoms with Crippen LogP contribution < -0.4 is 0 Å². The number of rotatable bonds is 5. The minimum Gasteiger partial charge on any atom is -0.309 e. The Morgan fingerprint density at radius 2 is 0.825 bits per heavy atom. The molecule has 0 bridgehead atoms. The van der Waals surface area contributed by atoms with Gasteiger partial charge in [0.25, 0.3) is 0 Å². The second kappa shape index (κ2) is 12.5. The van der Waals surface area contributed by atoms with Gasteiger partial charge in [-0.1, -0.05) is 133 Å². The number of nitrogens with zero attached hydrogens (tertiary/aromatic N) is 3. The summed E-state index contributed by atoms with van der Waals surface area (Å²) in [6.07, 6.45) is 0. The first kappa shape index (κ1) is 18.3. The molecule has 12 aromatic rings. The van der Waals surface area contributed by atoms with E-state index in [-0.39, 0.29) is 60.4 Å². The minimum absolute atomic E-state index is 0.0656. The van der Waals surface area contributed by atoms with E-state index in [1.54, 1.807) is 6.07 Å². The maximum Gasteiger partial charge on any atom is 0.0645 e. The van der Waals surface area contributed by atoms with E-state index < -0.39 is 126 Å². The monoisotopic (exact) mass is 744 g/mol. The number of benzene rings is 9. The molecule has 0 saturated heterocycles. The largest absolute Gasteiger partial charge is 0.309 e. The lowest BCUT2D eigenvalue weighted by molar-refractivity contribution is 1.15. The molecule has 0 fully saturated rings. The van der Waals surface area contributed by atoms with Gasteiger partial charge in [0.1, 0.15) is 0 Å². The first-order valence-corrected chi connectivity index (χ1v) is 18.1. The standard InChI is InChI=1S/C54H35N3/c1-3-14-36(15-4-1)37-16-13-19-41(32-37)56-50-24-11-8-21-44(50)47-33-38(26-30-52(47)56)39-27-31-53-48(34-39)45-22-9-12-25-51(45)57(53)42-28-29-46-43-20-7-10-23-49(43)55(54(46)35-42)40-17-5-2-6-18-40/h1-35H/i1D,3D,4D,8D,9D,11D,12D,14D,15D,21D,22D,24D,25D,26D,27D,30D,31D,33D,34D. The molecule has 12 rings (SSSR count). The quantitative estimate of drug-likeness (QED) is 0.167. The minimum atomic E-state index is -0.746. The van der Waals surface area contributed by atoms with Crippen LogP contribution in [0.5, 0.6) is 0 Å². The van der Waals surface area contributed by atoms with E-state index in [9.17, 15) is 13.7 Å². The van der Waals surface area contributed by atoms with Gasteiger partial charge in [-0.05, 0) is 101 Å². The maximum absolute atomic E-state index is 10.0. The molecular formula is C54H35N3. The van der Waals surface area contributed by atoms with Gasteiger partial charge in [0.15, 0.2) is 0 Å². The summed E-state index contributed by atoms with van der Waals surface area (Å²) in [5.41, 5.74) is 0.918. The Labute approximate surface area is 356 Å². The highest BCUT2D eigenvalue weighted by Gasteiger charge is 2.18. The zero-order chi connectivity index (χ0) is 54.0. The third-order valence-electron chi connectivity index (χ3n) is 10.4. The lowest BCUT2D eigenvalue weighted by Gasteiger charge is -2.12. The lowest BCUT2D eigenvalue weighted by atomic mass is 10.0. The van der Waals surface area contributed by atoms with Crippen LogP contribution in [0.1, 0.15) is 26.0 Å². The third kappa shape index (κ3) is 4.86. The number of fused-ring (bicyclic) bond motifs is 9. The van der Waals surface area contributed by atoms with E-state index in [4.69, 9.17) is 12.3 Å². The smallest absolute Gasteiger partial charge is 0.0645 e. The fraction of sp³-hybridized carbons (Fsp3) is 0. The van der Waals surface area contributed by atoms with Crippen LogP contribution in [0.25, 0.3) is 105 Å². The van der Waals surface area contributed by atoms with Crippen LogP contribution in [-0.4, -0.2) is 13.7 Å². The summed E-state index contributed by atoms with van der Waals surface area (Å²) < 4.78 is 178. The molecule has 0 spiro atoms. The molecule has 0 aliphatic heterocycles. The molecule has 0 radical (unpaired) electrons. The Bertz CT molecular complexity index is 4600. The molecule has 0 saturated carbocycles. The number of hydrogen-bond donors (Lipinski definition) is 0. The normalized spacial score (nSPS) is 16.5. The van der Waals surface area contributed by atoms with Crippen molar-refractivity contribution in [1.29, 1.82) is 0 Å². The van der Waals surface area contributed by atoms with Crippen molar-refractivity contribution in [2.45, 2.75) is 0 Å². The molecule has 266 valence electrons. The van der Waals surface area contributed by atoms with Crippen LogP contribution in [0.2, 0.25) is 0 Å². The van der Waals surface area contributed by atoms with E-state index in [1.807, 2.05) is 71.3 Å². The average Bonchev–Trinajstić information content (AvgIpc) is 4.27. The summed E-state index contributed by atoms with van der Waals surface area (Å²) in [5.74, 6) is 0. The molecule has 3 heterocycles. The first-order valence-electron chi connectivity index (χ1n) is 27.6. The van der Waals surface area contributed by atoms with Gasteiger partial charge in [0.05, 0.1) is 59.1 Å². The Morgan fingerprint density at radius 3 is 1.53 bits per heavy atom. The summed E-state index contributed by atoms with van der Waals surface area (Å²) in [4.78, 5) is 0. The van der Waals surface area contributed by atoms with Gasteiger partial charge in [-0.25, -0.2) is 0 Å². The molecule has 9 aromatic carbocycles. The highest BCUT2D eigenvalue weighted by Crippen LogP contribution is 2.40. The summed E-state index contributed by atoms with van der Waals surface area (Å²) in [6.45, 7) is 0. The molecule has 0 amide bonds. The molecule has 0 N–H and O–H groups in total. The van der Waals surface area contributed by atoms with Crippen LogP contribution >= 0.6 is 0 Å². The van der Waals surface area contributed by atoms with Crippen LogP contribution in [-0.2, 0) is 0 Å². The van der Waals surface area contributed by atoms with Crippen LogP contribution in [0.3, 0.4) is 0 Å². The molecule has 0 unspecified atom stereocenters. The van der Waals surface area contributed by atoms with Gasteiger partial charge in [-0.15, -0.1) is 0 Å². The zero-order valence-electron chi connectivity index (χ0n) is 48.6. The van der Waals surface area contributed by atoms with Crippen LogP contribution in [0, 0.1) is 0 Å². The molecular weight excluding hydrogens is 691 g/mol. The Morgan fingerprint density at radius 1 is 0.281 bits per heavy atom. The predicted molar refractivity (Wildman–Crippen MR) is 240 cm³/mol. The van der Waals surface area contributed by atoms with Crippen molar-refractivity contribution in [3.05, 3.63) is 212 Å². The molecule has 3 heteroatoms. The van der Waals surface area contributed by atoms with Crippen molar-refractivity contribution in [2.75, 3.05) is 0 Å². The second-order valence-corrected chi connectivity index (χ2v) is 13.5. The molecule has 0 aliphatic rings. The van der Waals surface area contributed by atoms with Crippen LogP contribution in [0.15, 0.2) is 212 Å². The van der Waals surface area contributed by atoms with Gasteiger partial charge >= 0.3 is 0 Å². The Hall–Kier alpha value is -7.62. The number of hydrogen-bond acceptors (Lipinski definition) is 0. The Kier molecular flexibility index (Phi) is 4.01. The number of para-hydroxylation sites is 4. The SMILES string of the molecule is [2H]c1c([2H])c([2H])c(-c2cccc(-n3c4c([2H])c([2H])c([2H])c([2H])c4c4c([2H])c(-c5c([2H])c([2H])c6c(c5[2H])c5c([2H])c([2H])c([2H])c([2H])c5n6-c5ccc6c7ccccc7n(-c7ccccc7)c6c5)c([2H])c([2H])c43)c2)c([2H])c1[2H].